The Hall–Kier alpha value is -1.47. The van der Waals surface area contributed by atoms with Crippen LogP contribution in [0.3, 0.4) is 0 Å². The summed E-state index contributed by atoms with van der Waals surface area (Å²) in [5.41, 5.74) is 0. The Morgan fingerprint density at radius 3 is 1.09 bits per heavy atom. The maximum atomic E-state index is 13.4. The molecule has 17 atom stereocenters. The highest BCUT2D eigenvalue weighted by molar-refractivity contribution is 5.76. The van der Waals surface area contributed by atoms with Crippen LogP contribution in [-0.4, -0.2) is 193 Å². The average Bonchev–Trinajstić information content (AvgIpc) is 0.851. The number of aliphatic hydroxyl groups is 11. The predicted octanol–water partition coefficient (Wildman–Crippen LogP) is 10.4. The van der Waals surface area contributed by atoms with Gasteiger partial charge in [-0.2, -0.15) is 0 Å². The van der Waals surface area contributed by atoms with Gasteiger partial charge in [-0.1, -0.05) is 270 Å². The van der Waals surface area contributed by atoms with Crippen LogP contribution < -0.4 is 5.32 Å². The summed E-state index contributed by atoms with van der Waals surface area (Å²) >= 11 is 0. The Morgan fingerprint density at radius 1 is 0.389 bits per heavy atom. The van der Waals surface area contributed by atoms with Gasteiger partial charge in [0.1, 0.15) is 73.2 Å². The fourth-order valence-corrected chi connectivity index (χ4v) is 12.8. The van der Waals surface area contributed by atoms with Crippen molar-refractivity contribution in [3.05, 3.63) is 12.2 Å². The van der Waals surface area contributed by atoms with E-state index < -0.39 is 124 Å². The van der Waals surface area contributed by atoms with Crippen molar-refractivity contribution in [1.29, 1.82) is 0 Å². The highest BCUT2D eigenvalue weighted by atomic mass is 16.8. The summed E-state index contributed by atoms with van der Waals surface area (Å²) in [5.74, 6) is -0.248. The van der Waals surface area contributed by atoms with Crippen molar-refractivity contribution < 1.29 is 89.4 Å². The molecule has 12 N–H and O–H groups in total. The summed E-state index contributed by atoms with van der Waals surface area (Å²) in [6.45, 7) is 1.81. The van der Waals surface area contributed by atoms with Crippen LogP contribution in [0.4, 0.5) is 0 Å². The monoisotopic (exact) mass is 1290 g/mol. The second-order valence-electron chi connectivity index (χ2n) is 26.8. The van der Waals surface area contributed by atoms with Crippen LogP contribution in [-0.2, 0) is 33.2 Å². The zero-order chi connectivity index (χ0) is 65.4. The molecule has 0 bridgehead atoms. The van der Waals surface area contributed by atoms with E-state index in [4.69, 9.17) is 28.4 Å². The SMILES string of the molecule is CCCCCC/C=C\CCCCCCCC(=O)NC(COC1OC(CO)C(OC2OC(CO)C(OC3OC(CO)C(O)C(O)C3O)C(O)C2O)C(O)C1O)C(O)CCCCCCCCCCCCCCCCCCCCCCCCCCCCCCCCCC. The van der Waals surface area contributed by atoms with Crippen molar-refractivity contribution in [1.82, 2.24) is 5.32 Å². The first-order chi connectivity index (χ1) is 43.8. The number of nitrogens with one attached hydrogen (secondary N) is 1. The van der Waals surface area contributed by atoms with E-state index in [2.05, 4.69) is 31.3 Å². The minimum Gasteiger partial charge on any atom is -0.394 e. The van der Waals surface area contributed by atoms with E-state index in [1.54, 1.807) is 0 Å². The molecule has 90 heavy (non-hydrogen) atoms. The van der Waals surface area contributed by atoms with Gasteiger partial charge in [-0.25, -0.2) is 0 Å². The molecule has 3 aliphatic rings. The van der Waals surface area contributed by atoms with Gasteiger partial charge in [-0.05, 0) is 38.5 Å². The molecule has 3 aliphatic heterocycles. The molecule has 0 aromatic rings. The van der Waals surface area contributed by atoms with Crippen molar-refractivity contribution in [2.45, 2.75) is 407 Å². The summed E-state index contributed by atoms with van der Waals surface area (Å²) in [7, 11) is 0. The maximum absolute atomic E-state index is 13.4. The van der Waals surface area contributed by atoms with E-state index in [9.17, 15) is 61.0 Å². The number of unbranched alkanes of at least 4 members (excludes halogenated alkanes) is 40. The lowest BCUT2D eigenvalue weighted by molar-refractivity contribution is -0.379. The lowest BCUT2D eigenvalue weighted by Gasteiger charge is -2.48. The van der Waals surface area contributed by atoms with E-state index in [1.807, 2.05) is 0 Å². The quantitative estimate of drug-likeness (QED) is 0.0199. The molecule has 0 aromatic carbocycles. The molecule has 3 rings (SSSR count). The minimum atomic E-state index is -1.97. The van der Waals surface area contributed by atoms with Gasteiger partial charge in [-0.15, -0.1) is 0 Å². The molecule has 3 heterocycles. The number of hydrogen-bond acceptors (Lipinski definition) is 18. The minimum absolute atomic E-state index is 0.248. The molecule has 19 nitrogen and oxygen atoms in total. The van der Waals surface area contributed by atoms with Crippen LogP contribution in [0, 0.1) is 0 Å². The lowest BCUT2D eigenvalue weighted by Crippen LogP contribution is -2.66. The zero-order valence-corrected chi connectivity index (χ0v) is 56.4. The average molecular weight is 1290 g/mol. The van der Waals surface area contributed by atoms with Gasteiger partial charge in [0.2, 0.25) is 5.91 Å². The Balaban J connectivity index is 1.35. The number of allylic oxidation sites excluding steroid dienone is 2. The van der Waals surface area contributed by atoms with Gasteiger partial charge < -0.3 is 89.9 Å². The largest absolute Gasteiger partial charge is 0.394 e. The van der Waals surface area contributed by atoms with Gasteiger partial charge in [0, 0.05) is 6.42 Å². The topological polar surface area (TPSA) is 307 Å². The molecule has 0 saturated carbocycles. The third-order valence-corrected chi connectivity index (χ3v) is 18.8. The zero-order valence-electron chi connectivity index (χ0n) is 56.4. The smallest absolute Gasteiger partial charge is 0.220 e. The van der Waals surface area contributed by atoms with Crippen molar-refractivity contribution >= 4 is 5.91 Å². The van der Waals surface area contributed by atoms with E-state index in [0.29, 0.717) is 12.8 Å². The van der Waals surface area contributed by atoms with Gasteiger partial charge in [0.05, 0.1) is 38.6 Å². The first-order valence-electron chi connectivity index (χ1n) is 36.9. The van der Waals surface area contributed by atoms with Gasteiger partial charge in [-0.3, -0.25) is 4.79 Å². The molecule has 3 fully saturated rings. The second kappa shape index (κ2) is 53.6. The Kier molecular flexibility index (Phi) is 49.3. The highest BCUT2D eigenvalue weighted by Crippen LogP contribution is 2.33. The lowest BCUT2D eigenvalue weighted by atomic mass is 9.96. The van der Waals surface area contributed by atoms with E-state index >= 15 is 0 Å². The van der Waals surface area contributed by atoms with Crippen molar-refractivity contribution in [2.75, 3.05) is 26.4 Å². The molecule has 1 amide bonds. The Labute approximate surface area is 544 Å². The molecular formula is C71H135NO18. The standard InChI is InChI=1S/C71H135NO18/c1-3-5-7-9-11-13-15-17-18-19-20-21-22-23-24-25-26-27-28-29-30-31-32-33-34-35-37-38-40-42-44-46-48-55(76)54(72-59(77)49-47-45-43-41-39-36-16-14-12-10-8-6-4-2)53-85-69-65(83)62(80)67(57(51-74)87-69)90-71-66(84)63(81)68(58(52-75)88-71)89-70-64(82)61(79)60(78)56(50-73)86-70/h14,16,54-58,60-71,73-76,78-84H,3-13,15,17-53H2,1-2H3,(H,72,77)/b16-14-. The number of ether oxygens (including phenoxy) is 6. The molecule has 532 valence electrons. The summed E-state index contributed by atoms with van der Waals surface area (Å²) < 4.78 is 34.4. The number of carbonyl (C=O) groups excluding carboxylic acids is 1. The summed E-state index contributed by atoms with van der Waals surface area (Å²) in [6.07, 6.45) is 33.2. The van der Waals surface area contributed by atoms with E-state index in [0.717, 1.165) is 64.2 Å². The summed E-state index contributed by atoms with van der Waals surface area (Å²) in [6, 6.07) is -0.889. The molecule has 3 saturated heterocycles. The molecular weight excluding hydrogens is 1150 g/mol. The van der Waals surface area contributed by atoms with E-state index in [1.165, 1.54) is 205 Å². The van der Waals surface area contributed by atoms with E-state index in [-0.39, 0.29) is 18.9 Å². The molecule has 17 unspecified atom stereocenters. The third-order valence-electron chi connectivity index (χ3n) is 18.8. The number of carbonyl (C=O) groups is 1. The fraction of sp³-hybridized carbons (Fsp3) is 0.958. The first-order valence-corrected chi connectivity index (χ1v) is 36.9. The maximum Gasteiger partial charge on any atom is 0.220 e. The normalized spacial score (nSPS) is 28.0. The molecule has 0 radical (unpaired) electrons. The van der Waals surface area contributed by atoms with Crippen LogP contribution in [0.2, 0.25) is 0 Å². The summed E-state index contributed by atoms with van der Waals surface area (Å²) in [5, 5.41) is 121. The Morgan fingerprint density at radius 2 is 0.700 bits per heavy atom. The molecule has 0 aliphatic carbocycles. The number of amides is 1. The van der Waals surface area contributed by atoms with Gasteiger partial charge >= 0.3 is 0 Å². The number of rotatable bonds is 58. The van der Waals surface area contributed by atoms with Crippen LogP contribution in [0.5, 0.6) is 0 Å². The summed E-state index contributed by atoms with van der Waals surface area (Å²) in [4.78, 5) is 13.4. The highest BCUT2D eigenvalue weighted by Gasteiger charge is 2.53. The van der Waals surface area contributed by atoms with Crippen LogP contribution in [0.25, 0.3) is 0 Å². The molecule has 19 heteroatoms. The van der Waals surface area contributed by atoms with Crippen LogP contribution >= 0.6 is 0 Å². The van der Waals surface area contributed by atoms with Crippen molar-refractivity contribution in [2.24, 2.45) is 0 Å². The molecule has 0 spiro atoms. The van der Waals surface area contributed by atoms with Gasteiger partial charge in [0.15, 0.2) is 18.9 Å². The molecule has 0 aromatic heterocycles. The van der Waals surface area contributed by atoms with Crippen LogP contribution in [0.1, 0.15) is 303 Å². The fourth-order valence-electron chi connectivity index (χ4n) is 12.8. The Bertz CT molecular complexity index is 1680. The number of hydrogen-bond donors (Lipinski definition) is 12. The number of aliphatic hydroxyl groups excluding tert-OH is 11. The third kappa shape index (κ3) is 35.0. The van der Waals surface area contributed by atoms with Crippen molar-refractivity contribution in [3.8, 4) is 0 Å². The van der Waals surface area contributed by atoms with Crippen LogP contribution in [0.15, 0.2) is 12.2 Å². The first kappa shape index (κ1) is 82.8. The predicted molar refractivity (Wildman–Crippen MR) is 351 cm³/mol. The second-order valence-corrected chi connectivity index (χ2v) is 26.8. The van der Waals surface area contributed by atoms with Crippen molar-refractivity contribution in [3.63, 3.8) is 0 Å². The van der Waals surface area contributed by atoms with Gasteiger partial charge in [0.25, 0.3) is 0 Å².